The average molecular weight is 272 g/mol. The smallest absolute Gasteiger partial charge is 0.303 e. The number of carboxylic acid groups (broad SMARTS) is 1. The van der Waals surface area contributed by atoms with Gasteiger partial charge in [-0.1, -0.05) is 13.8 Å². The van der Waals surface area contributed by atoms with Crippen LogP contribution >= 0.6 is 0 Å². The fourth-order valence-electron chi connectivity index (χ4n) is 1.93. The van der Waals surface area contributed by atoms with E-state index in [1.807, 2.05) is 27.7 Å². The second kappa shape index (κ2) is 8.15. The Hall–Kier alpha value is -1.10. The van der Waals surface area contributed by atoms with Crippen LogP contribution in [0.5, 0.6) is 0 Å². The molecular formula is C14H28N2O3. The lowest BCUT2D eigenvalue weighted by Crippen LogP contribution is -2.36. The molecule has 112 valence electrons. The monoisotopic (exact) mass is 272 g/mol. The Balaban J connectivity index is 4.08. The third-order valence-corrected chi connectivity index (χ3v) is 2.85. The normalized spacial score (nSPS) is 13.4. The Labute approximate surface area is 115 Å². The summed E-state index contributed by atoms with van der Waals surface area (Å²) >= 11 is 0. The fraction of sp³-hybridized carbons (Fsp3) is 0.857. The van der Waals surface area contributed by atoms with Gasteiger partial charge in [-0.15, -0.1) is 0 Å². The lowest BCUT2D eigenvalue weighted by molar-refractivity contribution is -0.138. The van der Waals surface area contributed by atoms with Gasteiger partial charge >= 0.3 is 5.97 Å². The van der Waals surface area contributed by atoms with Gasteiger partial charge in [-0.25, -0.2) is 0 Å². The molecule has 0 aliphatic rings. The van der Waals surface area contributed by atoms with Crippen molar-refractivity contribution < 1.29 is 14.7 Å². The van der Waals surface area contributed by atoms with Crippen LogP contribution in [0.25, 0.3) is 0 Å². The molecule has 1 atom stereocenters. The highest BCUT2D eigenvalue weighted by Crippen LogP contribution is 2.15. The van der Waals surface area contributed by atoms with Crippen molar-refractivity contribution in [2.45, 2.75) is 58.9 Å². The second-order valence-electron chi connectivity index (χ2n) is 6.39. The number of carbonyl (C=O) groups is 2. The van der Waals surface area contributed by atoms with E-state index in [2.05, 4.69) is 5.32 Å². The molecule has 0 spiro atoms. The summed E-state index contributed by atoms with van der Waals surface area (Å²) in [5, 5.41) is 11.7. The molecule has 0 rings (SSSR count). The standard InChI is InChI=1S/C14H28N2O3/c1-10(2)7-11(8-13(18)19)9-16-12(17)5-6-14(3,4)15/h10-11H,5-9,15H2,1-4H3,(H,16,17)(H,18,19)/t11-/m0/s1. The summed E-state index contributed by atoms with van der Waals surface area (Å²) in [7, 11) is 0. The van der Waals surface area contributed by atoms with Crippen molar-refractivity contribution in [3.63, 3.8) is 0 Å². The molecule has 0 saturated carbocycles. The maximum absolute atomic E-state index is 11.7. The van der Waals surface area contributed by atoms with Gasteiger partial charge in [0.15, 0.2) is 0 Å². The molecule has 4 N–H and O–H groups in total. The molecule has 0 aromatic rings. The molecule has 0 heterocycles. The van der Waals surface area contributed by atoms with Gasteiger partial charge in [0.05, 0.1) is 0 Å². The van der Waals surface area contributed by atoms with E-state index >= 15 is 0 Å². The zero-order chi connectivity index (χ0) is 15.1. The van der Waals surface area contributed by atoms with Crippen molar-refractivity contribution in [2.24, 2.45) is 17.6 Å². The Morgan fingerprint density at radius 1 is 1.32 bits per heavy atom. The molecule has 0 bridgehead atoms. The topological polar surface area (TPSA) is 92.4 Å². The van der Waals surface area contributed by atoms with E-state index in [1.54, 1.807) is 0 Å². The van der Waals surface area contributed by atoms with Crippen LogP contribution < -0.4 is 11.1 Å². The zero-order valence-electron chi connectivity index (χ0n) is 12.5. The van der Waals surface area contributed by atoms with E-state index < -0.39 is 5.97 Å². The number of hydrogen-bond donors (Lipinski definition) is 3. The van der Waals surface area contributed by atoms with Crippen LogP contribution in [0.15, 0.2) is 0 Å². The minimum atomic E-state index is -0.817. The zero-order valence-corrected chi connectivity index (χ0v) is 12.5. The Morgan fingerprint density at radius 3 is 2.32 bits per heavy atom. The molecule has 0 aliphatic heterocycles. The largest absolute Gasteiger partial charge is 0.481 e. The summed E-state index contributed by atoms with van der Waals surface area (Å²) in [6.07, 6.45) is 1.90. The lowest BCUT2D eigenvalue weighted by atomic mass is 9.94. The molecule has 0 aliphatic carbocycles. The molecule has 1 amide bonds. The number of nitrogens with one attached hydrogen (secondary N) is 1. The number of amides is 1. The van der Waals surface area contributed by atoms with Crippen molar-refractivity contribution in [3.8, 4) is 0 Å². The van der Waals surface area contributed by atoms with Gasteiger partial charge in [0, 0.05) is 24.9 Å². The van der Waals surface area contributed by atoms with Gasteiger partial charge in [-0.2, -0.15) is 0 Å². The maximum atomic E-state index is 11.7. The minimum Gasteiger partial charge on any atom is -0.481 e. The number of nitrogens with two attached hydrogens (primary N) is 1. The van der Waals surface area contributed by atoms with Crippen LogP contribution in [0.3, 0.4) is 0 Å². The number of hydrogen-bond acceptors (Lipinski definition) is 3. The molecule has 0 radical (unpaired) electrons. The van der Waals surface area contributed by atoms with Crippen molar-refractivity contribution in [3.05, 3.63) is 0 Å². The summed E-state index contributed by atoms with van der Waals surface area (Å²) < 4.78 is 0. The summed E-state index contributed by atoms with van der Waals surface area (Å²) in [5.41, 5.74) is 5.46. The predicted octanol–water partition coefficient (Wildman–Crippen LogP) is 1.76. The van der Waals surface area contributed by atoms with E-state index in [-0.39, 0.29) is 23.8 Å². The Bertz CT molecular complexity index is 296. The van der Waals surface area contributed by atoms with Gasteiger partial charge in [0.2, 0.25) is 5.91 Å². The number of carbonyl (C=O) groups excluding carboxylic acids is 1. The fourth-order valence-corrected chi connectivity index (χ4v) is 1.93. The first kappa shape index (κ1) is 17.9. The Kier molecular flexibility index (Phi) is 7.68. The molecular weight excluding hydrogens is 244 g/mol. The van der Waals surface area contributed by atoms with E-state index in [1.165, 1.54) is 0 Å². The van der Waals surface area contributed by atoms with Crippen molar-refractivity contribution in [2.75, 3.05) is 6.54 Å². The second-order valence-corrected chi connectivity index (χ2v) is 6.39. The molecule has 0 aromatic heterocycles. The third kappa shape index (κ3) is 11.7. The summed E-state index contributed by atoms with van der Waals surface area (Å²) in [5.74, 6) is -0.461. The third-order valence-electron chi connectivity index (χ3n) is 2.85. The van der Waals surface area contributed by atoms with E-state index in [9.17, 15) is 9.59 Å². The number of aliphatic carboxylic acids is 1. The molecule has 5 nitrogen and oxygen atoms in total. The number of rotatable bonds is 9. The highest BCUT2D eigenvalue weighted by Gasteiger charge is 2.17. The first-order valence-corrected chi connectivity index (χ1v) is 6.87. The molecule has 0 fully saturated rings. The van der Waals surface area contributed by atoms with Gasteiger partial charge in [0.1, 0.15) is 0 Å². The van der Waals surface area contributed by atoms with Crippen molar-refractivity contribution in [1.82, 2.24) is 5.32 Å². The average Bonchev–Trinajstić information content (AvgIpc) is 2.20. The van der Waals surface area contributed by atoms with E-state index in [4.69, 9.17) is 10.8 Å². The summed E-state index contributed by atoms with van der Waals surface area (Å²) in [6.45, 7) is 8.29. The van der Waals surface area contributed by atoms with Crippen molar-refractivity contribution >= 4 is 11.9 Å². The van der Waals surface area contributed by atoms with Crippen LogP contribution in [-0.2, 0) is 9.59 Å². The van der Waals surface area contributed by atoms with Gasteiger partial charge < -0.3 is 16.2 Å². The van der Waals surface area contributed by atoms with Gasteiger partial charge in [-0.05, 0) is 38.5 Å². The van der Waals surface area contributed by atoms with Crippen LogP contribution in [0, 0.1) is 11.8 Å². The van der Waals surface area contributed by atoms with Crippen LogP contribution in [0.4, 0.5) is 0 Å². The molecule has 5 heteroatoms. The van der Waals surface area contributed by atoms with E-state index in [0.717, 1.165) is 6.42 Å². The quantitative estimate of drug-likeness (QED) is 0.596. The molecule has 19 heavy (non-hydrogen) atoms. The highest BCUT2D eigenvalue weighted by molar-refractivity contribution is 5.76. The van der Waals surface area contributed by atoms with Crippen molar-refractivity contribution in [1.29, 1.82) is 0 Å². The lowest BCUT2D eigenvalue weighted by Gasteiger charge is -2.20. The maximum Gasteiger partial charge on any atom is 0.303 e. The first-order valence-electron chi connectivity index (χ1n) is 6.87. The highest BCUT2D eigenvalue weighted by atomic mass is 16.4. The van der Waals surface area contributed by atoms with E-state index in [0.29, 0.717) is 25.3 Å². The molecule has 0 unspecified atom stereocenters. The SMILES string of the molecule is CC(C)C[C@H](CNC(=O)CCC(C)(C)N)CC(=O)O. The van der Waals surface area contributed by atoms with Gasteiger partial charge in [0.25, 0.3) is 0 Å². The predicted molar refractivity (Wildman–Crippen MR) is 75.7 cm³/mol. The first-order chi connectivity index (χ1) is 8.60. The summed E-state index contributed by atoms with van der Waals surface area (Å²) in [4.78, 5) is 22.4. The molecule has 0 saturated heterocycles. The van der Waals surface area contributed by atoms with Crippen LogP contribution in [0.2, 0.25) is 0 Å². The van der Waals surface area contributed by atoms with Crippen LogP contribution in [0.1, 0.15) is 53.4 Å². The molecule has 0 aromatic carbocycles. The summed E-state index contributed by atoms with van der Waals surface area (Å²) in [6, 6.07) is 0. The Morgan fingerprint density at radius 2 is 1.89 bits per heavy atom. The van der Waals surface area contributed by atoms with Crippen LogP contribution in [-0.4, -0.2) is 29.1 Å². The minimum absolute atomic E-state index is 0.00710. The van der Waals surface area contributed by atoms with Gasteiger partial charge in [-0.3, -0.25) is 9.59 Å². The number of carboxylic acids is 1.